The van der Waals surface area contributed by atoms with Gasteiger partial charge in [-0.1, -0.05) is 19.8 Å². The Kier molecular flexibility index (Phi) is 5.02. The number of aromatic nitrogens is 1. The zero-order valence-corrected chi connectivity index (χ0v) is 15.4. The number of hydrogen-bond donors (Lipinski definition) is 1. The molecule has 0 saturated carbocycles. The molecule has 3 heterocycles. The molecular weight excluding hydrogens is 344 g/mol. The van der Waals surface area contributed by atoms with Crippen LogP contribution in [0.1, 0.15) is 51.6 Å². The van der Waals surface area contributed by atoms with Gasteiger partial charge in [-0.3, -0.25) is 9.59 Å². The Morgan fingerprint density at radius 3 is 2.88 bits per heavy atom. The van der Waals surface area contributed by atoms with E-state index >= 15 is 0 Å². The van der Waals surface area contributed by atoms with Crippen LogP contribution in [0.15, 0.2) is 5.38 Å². The Bertz CT molecular complexity index is 663. The van der Waals surface area contributed by atoms with Crippen LogP contribution in [0.5, 0.6) is 0 Å². The Morgan fingerprint density at radius 2 is 2.20 bits per heavy atom. The summed E-state index contributed by atoms with van der Waals surface area (Å²) in [6.07, 6.45) is 3.30. The number of thiazole rings is 1. The second-order valence-corrected chi connectivity index (χ2v) is 7.85. The third kappa shape index (κ3) is 3.37. The minimum absolute atomic E-state index is 0.215. The number of unbranched alkanes of at least 4 members (excludes halogenated alkanes) is 2. The van der Waals surface area contributed by atoms with E-state index in [9.17, 15) is 9.59 Å². The van der Waals surface area contributed by atoms with Crippen molar-refractivity contribution in [1.29, 1.82) is 0 Å². The van der Waals surface area contributed by atoms with E-state index < -0.39 is 29.1 Å². The predicted octanol–water partition coefficient (Wildman–Crippen LogP) is 2.40. The summed E-state index contributed by atoms with van der Waals surface area (Å²) in [7, 11) is 0. The standard InChI is InChI=1S/C17H24N2O5S/c1-3-4-5-6-22-8-11-7-17(13(20)23-11)10-16(2,24-14(17)21)12-9-25-15(18)19-12/h9,11H,3-8,10H2,1-2H3,(H2,18,19)/t11-,16-,17-/m0/s1. The van der Waals surface area contributed by atoms with Crippen molar-refractivity contribution in [2.45, 2.75) is 57.7 Å². The van der Waals surface area contributed by atoms with E-state index in [1.165, 1.54) is 11.3 Å². The summed E-state index contributed by atoms with van der Waals surface area (Å²) < 4.78 is 16.6. The summed E-state index contributed by atoms with van der Waals surface area (Å²) in [5.41, 5.74) is 4.04. The lowest BCUT2D eigenvalue weighted by atomic mass is 9.78. The number of nitrogens with two attached hydrogens (primary N) is 1. The SMILES string of the molecule is CCCCCOC[C@@H]1C[C@]2(C[C@@](C)(c3csc(N)n3)OC2=O)C(=O)O1. The summed E-state index contributed by atoms with van der Waals surface area (Å²) in [5.74, 6) is -1.06. The lowest BCUT2D eigenvalue weighted by Crippen LogP contribution is -2.32. The van der Waals surface area contributed by atoms with Crippen LogP contribution in [0.4, 0.5) is 5.13 Å². The number of carbonyl (C=O) groups excluding carboxylic acids is 2. The van der Waals surface area contributed by atoms with Gasteiger partial charge < -0.3 is 19.9 Å². The number of esters is 2. The van der Waals surface area contributed by atoms with E-state index in [1.54, 1.807) is 12.3 Å². The zero-order valence-electron chi connectivity index (χ0n) is 14.6. The first-order chi connectivity index (χ1) is 11.9. The molecule has 0 amide bonds. The summed E-state index contributed by atoms with van der Waals surface area (Å²) in [6, 6.07) is 0. The molecule has 1 spiro atoms. The van der Waals surface area contributed by atoms with Gasteiger partial charge in [-0.25, -0.2) is 4.98 Å². The molecule has 3 atom stereocenters. The number of cyclic esters (lactones) is 2. The van der Waals surface area contributed by atoms with E-state index in [4.69, 9.17) is 19.9 Å². The number of ether oxygens (including phenoxy) is 3. The molecule has 2 N–H and O–H groups in total. The first kappa shape index (κ1) is 18.1. The highest BCUT2D eigenvalue weighted by Crippen LogP contribution is 2.52. The van der Waals surface area contributed by atoms with Gasteiger partial charge in [0.2, 0.25) is 0 Å². The van der Waals surface area contributed by atoms with Crippen LogP contribution in [0.25, 0.3) is 0 Å². The van der Waals surface area contributed by atoms with E-state index in [2.05, 4.69) is 11.9 Å². The number of hydrogen-bond acceptors (Lipinski definition) is 8. The highest BCUT2D eigenvalue weighted by atomic mass is 32.1. The van der Waals surface area contributed by atoms with Gasteiger partial charge in [0.25, 0.3) is 0 Å². The Balaban J connectivity index is 1.65. The number of carbonyl (C=O) groups is 2. The molecule has 0 aromatic carbocycles. The fraction of sp³-hybridized carbons (Fsp3) is 0.706. The fourth-order valence-electron chi connectivity index (χ4n) is 3.51. The van der Waals surface area contributed by atoms with Crippen LogP contribution >= 0.6 is 11.3 Å². The minimum atomic E-state index is -1.26. The number of anilines is 1. The minimum Gasteiger partial charge on any atom is -0.459 e. The van der Waals surface area contributed by atoms with Crippen molar-refractivity contribution in [3.63, 3.8) is 0 Å². The Labute approximate surface area is 150 Å². The third-order valence-corrected chi connectivity index (χ3v) is 5.52. The first-order valence-electron chi connectivity index (χ1n) is 8.63. The molecule has 2 fully saturated rings. The van der Waals surface area contributed by atoms with Gasteiger partial charge in [-0.2, -0.15) is 0 Å². The van der Waals surface area contributed by atoms with Crippen molar-refractivity contribution in [3.05, 3.63) is 11.1 Å². The molecular formula is C17H24N2O5S. The molecule has 8 heteroatoms. The molecule has 2 saturated heterocycles. The summed E-state index contributed by atoms with van der Waals surface area (Å²) >= 11 is 1.28. The second-order valence-electron chi connectivity index (χ2n) is 6.96. The zero-order chi connectivity index (χ0) is 18.1. The van der Waals surface area contributed by atoms with E-state index in [0.717, 1.165) is 19.3 Å². The highest BCUT2D eigenvalue weighted by Gasteiger charge is 2.65. The fourth-order valence-corrected chi connectivity index (χ4v) is 4.20. The topological polar surface area (TPSA) is 101 Å². The third-order valence-electron chi connectivity index (χ3n) is 4.85. The maximum Gasteiger partial charge on any atom is 0.324 e. The van der Waals surface area contributed by atoms with E-state index in [-0.39, 0.29) is 12.8 Å². The van der Waals surface area contributed by atoms with Crippen molar-refractivity contribution < 1.29 is 23.8 Å². The molecule has 0 aliphatic carbocycles. The van der Waals surface area contributed by atoms with Crippen molar-refractivity contribution in [2.75, 3.05) is 18.9 Å². The van der Waals surface area contributed by atoms with E-state index in [1.807, 2.05) is 0 Å². The molecule has 2 aliphatic heterocycles. The van der Waals surface area contributed by atoms with Crippen LogP contribution in [0.2, 0.25) is 0 Å². The van der Waals surface area contributed by atoms with Gasteiger partial charge >= 0.3 is 11.9 Å². The largest absolute Gasteiger partial charge is 0.459 e. The number of nitrogen functional groups attached to an aromatic ring is 1. The van der Waals surface area contributed by atoms with Gasteiger partial charge in [0, 0.05) is 24.8 Å². The maximum absolute atomic E-state index is 12.5. The van der Waals surface area contributed by atoms with E-state index in [0.29, 0.717) is 24.0 Å². The van der Waals surface area contributed by atoms with Crippen LogP contribution in [-0.2, 0) is 29.4 Å². The van der Waals surface area contributed by atoms with Gasteiger partial charge in [-0.05, 0) is 13.3 Å². The smallest absolute Gasteiger partial charge is 0.324 e. The molecule has 1 aromatic rings. The van der Waals surface area contributed by atoms with Gasteiger partial charge in [0.1, 0.15) is 6.10 Å². The summed E-state index contributed by atoms with van der Waals surface area (Å²) in [5, 5.41) is 2.16. The average Bonchev–Trinajstić information content (AvgIpc) is 3.19. The normalized spacial score (nSPS) is 31.5. The summed E-state index contributed by atoms with van der Waals surface area (Å²) in [4.78, 5) is 29.2. The number of nitrogens with zero attached hydrogens (tertiary/aromatic N) is 1. The molecule has 138 valence electrons. The average molecular weight is 368 g/mol. The molecule has 2 aliphatic rings. The van der Waals surface area contributed by atoms with Crippen LogP contribution in [-0.4, -0.2) is 36.2 Å². The van der Waals surface area contributed by atoms with Crippen LogP contribution in [0.3, 0.4) is 0 Å². The van der Waals surface area contributed by atoms with Gasteiger partial charge in [0.15, 0.2) is 16.1 Å². The summed E-state index contributed by atoms with van der Waals surface area (Å²) in [6.45, 7) is 4.83. The highest BCUT2D eigenvalue weighted by molar-refractivity contribution is 7.13. The quantitative estimate of drug-likeness (QED) is 0.448. The lowest BCUT2D eigenvalue weighted by molar-refractivity contribution is -0.160. The molecule has 3 rings (SSSR count). The van der Waals surface area contributed by atoms with Crippen LogP contribution < -0.4 is 5.73 Å². The van der Waals surface area contributed by atoms with Crippen molar-refractivity contribution in [2.24, 2.45) is 5.41 Å². The molecule has 7 nitrogen and oxygen atoms in total. The maximum atomic E-state index is 12.5. The molecule has 0 unspecified atom stereocenters. The first-order valence-corrected chi connectivity index (χ1v) is 9.51. The molecule has 0 bridgehead atoms. The predicted molar refractivity (Wildman–Crippen MR) is 91.9 cm³/mol. The second kappa shape index (κ2) is 6.92. The number of rotatable bonds is 7. The van der Waals surface area contributed by atoms with Crippen molar-refractivity contribution in [3.8, 4) is 0 Å². The van der Waals surface area contributed by atoms with Gasteiger partial charge in [0.05, 0.1) is 12.3 Å². The monoisotopic (exact) mass is 368 g/mol. The Morgan fingerprint density at radius 1 is 1.40 bits per heavy atom. The molecule has 0 radical (unpaired) electrons. The van der Waals surface area contributed by atoms with Crippen molar-refractivity contribution in [1.82, 2.24) is 4.98 Å². The van der Waals surface area contributed by atoms with Gasteiger partial charge in [-0.15, -0.1) is 11.3 Å². The molecule has 1 aromatic heterocycles. The van der Waals surface area contributed by atoms with Crippen LogP contribution in [0, 0.1) is 5.41 Å². The molecule has 25 heavy (non-hydrogen) atoms. The van der Waals surface area contributed by atoms with Crippen molar-refractivity contribution >= 4 is 28.4 Å². The lowest BCUT2D eigenvalue weighted by Gasteiger charge is -2.20. The Hall–Kier alpha value is -1.67.